The molecule has 0 bridgehead atoms. The van der Waals surface area contributed by atoms with Gasteiger partial charge in [-0.3, -0.25) is 4.90 Å². The van der Waals surface area contributed by atoms with Gasteiger partial charge in [-0.1, -0.05) is 11.6 Å². The average Bonchev–Trinajstić information content (AvgIpc) is 3.14. The van der Waals surface area contributed by atoms with Crippen molar-refractivity contribution in [3.63, 3.8) is 0 Å². The maximum atomic E-state index is 15.0. The Bertz CT molecular complexity index is 1150. The van der Waals surface area contributed by atoms with Gasteiger partial charge in [0.25, 0.3) is 0 Å². The number of hydrogen-bond donors (Lipinski definition) is 0. The SMILES string of the molecule is [2H]C([2H])(Oc1nc(N2CCOCC3C(Cl)C32)c2cnc(Cl)c(F)c2n1)[C@@]12CCCN1C[C@H](F)C2. The lowest BCUT2D eigenvalue weighted by Crippen LogP contribution is -2.43. The highest BCUT2D eigenvalue weighted by molar-refractivity contribution is 6.30. The third-order valence-corrected chi connectivity index (χ3v) is 7.83. The quantitative estimate of drug-likeness (QED) is 0.484. The second kappa shape index (κ2) is 7.75. The lowest BCUT2D eigenvalue weighted by Gasteiger charge is -2.31. The number of fused-ring (bicyclic) bond motifs is 3. The van der Waals surface area contributed by atoms with Gasteiger partial charge < -0.3 is 14.4 Å². The Morgan fingerprint density at radius 3 is 3.12 bits per heavy atom. The molecule has 11 heteroatoms. The maximum Gasteiger partial charge on any atom is 0.319 e. The molecule has 2 aromatic rings. The van der Waals surface area contributed by atoms with Gasteiger partial charge in [0.05, 0.1) is 38.3 Å². The Morgan fingerprint density at radius 2 is 2.25 bits per heavy atom. The summed E-state index contributed by atoms with van der Waals surface area (Å²) in [5.41, 5.74) is -1.25. The zero-order chi connectivity index (χ0) is 23.8. The molecule has 3 unspecified atom stereocenters. The highest BCUT2D eigenvalue weighted by Crippen LogP contribution is 2.46. The molecule has 2 aromatic heterocycles. The molecular weight excluding hydrogens is 463 g/mol. The van der Waals surface area contributed by atoms with Crippen LogP contribution in [0.25, 0.3) is 10.9 Å². The number of ether oxygens (including phenoxy) is 2. The lowest BCUT2D eigenvalue weighted by atomic mass is 9.95. The van der Waals surface area contributed by atoms with Gasteiger partial charge in [0.15, 0.2) is 11.0 Å². The van der Waals surface area contributed by atoms with Crippen molar-refractivity contribution in [1.29, 1.82) is 0 Å². The van der Waals surface area contributed by atoms with E-state index in [1.165, 1.54) is 6.20 Å². The van der Waals surface area contributed by atoms with E-state index in [2.05, 4.69) is 15.0 Å². The third-order valence-electron chi connectivity index (χ3n) is 6.99. The van der Waals surface area contributed by atoms with Gasteiger partial charge in [0.1, 0.15) is 24.1 Å². The molecule has 3 saturated heterocycles. The summed E-state index contributed by atoms with van der Waals surface area (Å²) >= 11 is 12.4. The van der Waals surface area contributed by atoms with Crippen molar-refractivity contribution in [2.45, 2.75) is 42.4 Å². The topological polar surface area (TPSA) is 63.6 Å². The number of aromatic nitrogens is 3. The van der Waals surface area contributed by atoms with Crippen LogP contribution in [-0.2, 0) is 4.74 Å². The molecule has 1 saturated carbocycles. The molecule has 1 aliphatic carbocycles. The second-order valence-corrected chi connectivity index (χ2v) is 9.77. The first kappa shape index (κ1) is 18.8. The molecule has 3 aliphatic heterocycles. The van der Waals surface area contributed by atoms with Crippen LogP contribution < -0.4 is 9.64 Å². The molecule has 4 aliphatic rings. The zero-order valence-electron chi connectivity index (χ0n) is 19.1. The molecule has 0 amide bonds. The Morgan fingerprint density at radius 1 is 1.38 bits per heavy atom. The van der Waals surface area contributed by atoms with E-state index in [1.54, 1.807) is 4.90 Å². The predicted molar refractivity (Wildman–Crippen MR) is 116 cm³/mol. The second-order valence-electron chi connectivity index (χ2n) is 8.91. The third kappa shape index (κ3) is 3.31. The molecule has 0 spiro atoms. The summed E-state index contributed by atoms with van der Waals surface area (Å²) in [5.74, 6) is -0.418. The lowest BCUT2D eigenvalue weighted by molar-refractivity contribution is 0.107. The van der Waals surface area contributed by atoms with Crippen LogP contribution in [0.4, 0.5) is 14.6 Å². The van der Waals surface area contributed by atoms with Gasteiger partial charge in [-0.15, -0.1) is 11.6 Å². The predicted octanol–water partition coefficient (Wildman–Crippen LogP) is 3.21. The summed E-state index contributed by atoms with van der Waals surface area (Å²) in [6, 6.07) is -0.414. The summed E-state index contributed by atoms with van der Waals surface area (Å²) in [4.78, 5) is 16.3. The van der Waals surface area contributed by atoms with Crippen LogP contribution in [0.5, 0.6) is 6.01 Å². The Kier molecular flexibility index (Phi) is 4.56. The minimum absolute atomic E-state index is 0.0195. The molecule has 5 atom stereocenters. The van der Waals surface area contributed by atoms with E-state index in [4.69, 9.17) is 35.4 Å². The smallest absolute Gasteiger partial charge is 0.319 e. The molecular formula is C21H23Cl2F2N5O2. The van der Waals surface area contributed by atoms with Gasteiger partial charge >= 0.3 is 6.01 Å². The zero-order valence-corrected chi connectivity index (χ0v) is 18.6. The van der Waals surface area contributed by atoms with Crippen molar-refractivity contribution in [2.75, 3.05) is 44.3 Å². The first-order valence-electron chi connectivity index (χ1n) is 11.8. The molecule has 0 N–H and O–H groups in total. The molecule has 4 fully saturated rings. The van der Waals surface area contributed by atoms with Gasteiger partial charge in [-0.2, -0.15) is 9.97 Å². The minimum atomic E-state index is -2.30. The Balaban J connectivity index is 1.44. The van der Waals surface area contributed by atoms with Crippen molar-refractivity contribution in [3.8, 4) is 6.01 Å². The van der Waals surface area contributed by atoms with Gasteiger partial charge in [-0.25, -0.2) is 13.8 Å². The van der Waals surface area contributed by atoms with Crippen molar-refractivity contribution in [3.05, 3.63) is 17.2 Å². The molecule has 6 rings (SSSR count). The maximum absolute atomic E-state index is 15.0. The van der Waals surface area contributed by atoms with Crippen LogP contribution >= 0.6 is 23.2 Å². The van der Waals surface area contributed by atoms with Crippen LogP contribution in [0.15, 0.2) is 6.20 Å². The van der Waals surface area contributed by atoms with E-state index >= 15 is 4.39 Å². The van der Waals surface area contributed by atoms with Gasteiger partial charge in [0, 0.05) is 31.6 Å². The minimum Gasteiger partial charge on any atom is -0.461 e. The molecule has 0 aromatic carbocycles. The van der Waals surface area contributed by atoms with Crippen LogP contribution in [0.3, 0.4) is 0 Å². The number of hydrogen-bond acceptors (Lipinski definition) is 7. The first-order chi connectivity index (χ1) is 16.2. The average molecular weight is 488 g/mol. The van der Waals surface area contributed by atoms with E-state index in [9.17, 15) is 4.39 Å². The Hall–Kier alpha value is -1.55. The molecule has 5 heterocycles. The van der Waals surface area contributed by atoms with Crippen LogP contribution in [-0.4, -0.2) is 82.4 Å². The number of alkyl halides is 2. The fraction of sp³-hybridized carbons (Fsp3) is 0.667. The number of rotatable bonds is 4. The Labute approximate surface area is 196 Å². The first-order valence-corrected chi connectivity index (χ1v) is 11.6. The van der Waals surface area contributed by atoms with Crippen molar-refractivity contribution >= 4 is 39.9 Å². The molecule has 0 radical (unpaired) electrons. The molecule has 32 heavy (non-hydrogen) atoms. The summed E-state index contributed by atoms with van der Waals surface area (Å²) in [6.45, 7) is -0.145. The summed E-state index contributed by atoms with van der Waals surface area (Å²) in [6.07, 6.45) is 1.46. The largest absolute Gasteiger partial charge is 0.461 e. The van der Waals surface area contributed by atoms with Gasteiger partial charge in [-0.05, 0) is 19.4 Å². The fourth-order valence-electron chi connectivity index (χ4n) is 5.35. The highest BCUT2D eigenvalue weighted by Gasteiger charge is 2.54. The van der Waals surface area contributed by atoms with E-state index in [0.717, 1.165) is 6.42 Å². The van der Waals surface area contributed by atoms with Crippen molar-refractivity contribution in [2.24, 2.45) is 5.92 Å². The van der Waals surface area contributed by atoms with Gasteiger partial charge in [0.2, 0.25) is 0 Å². The van der Waals surface area contributed by atoms with Crippen molar-refractivity contribution < 1.29 is 21.0 Å². The fourth-order valence-corrected chi connectivity index (χ4v) is 5.95. The molecule has 172 valence electrons. The van der Waals surface area contributed by atoms with Crippen LogP contribution in [0, 0.1) is 11.7 Å². The normalized spacial score (nSPS) is 35.8. The van der Waals surface area contributed by atoms with E-state index in [-0.39, 0.29) is 47.0 Å². The van der Waals surface area contributed by atoms with Crippen molar-refractivity contribution in [1.82, 2.24) is 19.9 Å². The molecule has 7 nitrogen and oxygen atoms in total. The monoisotopic (exact) mass is 487 g/mol. The standard InChI is InChI=1S/C21H23Cl2F2N5O2/c22-14-13-9-31-5-4-30(17(13)14)19-12-7-26-18(23)15(25)16(12)27-20(28-19)32-10-21-2-1-3-29(21)8-11(24)6-21/h7,11,13-14,17H,1-6,8-10H2/t11-,13?,14?,17?,21+/m1/s1/i10D2. The van der Waals surface area contributed by atoms with Crippen LogP contribution in [0.1, 0.15) is 22.0 Å². The number of halogens is 4. The summed E-state index contributed by atoms with van der Waals surface area (Å²) < 4.78 is 58.3. The summed E-state index contributed by atoms with van der Waals surface area (Å²) in [7, 11) is 0. The number of pyridine rings is 1. The summed E-state index contributed by atoms with van der Waals surface area (Å²) in [5, 5.41) is -0.199. The van der Waals surface area contributed by atoms with E-state index < -0.39 is 24.1 Å². The van der Waals surface area contributed by atoms with E-state index in [0.29, 0.717) is 43.9 Å². The highest BCUT2D eigenvalue weighted by atomic mass is 35.5. The van der Waals surface area contributed by atoms with Crippen LogP contribution in [0.2, 0.25) is 5.15 Å². The number of anilines is 1. The number of nitrogens with zero attached hydrogens (tertiary/aromatic N) is 5. The van der Waals surface area contributed by atoms with E-state index in [1.807, 2.05) is 4.90 Å².